The number of hydrogen-bond donors (Lipinski definition) is 1. The van der Waals surface area contributed by atoms with E-state index in [9.17, 15) is 14.9 Å². The number of hydrogen-bond acceptors (Lipinski definition) is 5. The van der Waals surface area contributed by atoms with E-state index in [1.807, 2.05) is 54.6 Å². The molecule has 0 spiro atoms. The van der Waals surface area contributed by atoms with Crippen LogP contribution in [0, 0.1) is 10.1 Å². The van der Waals surface area contributed by atoms with Gasteiger partial charge in [0.05, 0.1) is 11.1 Å². The van der Waals surface area contributed by atoms with E-state index in [-0.39, 0.29) is 11.3 Å². The molecule has 0 atom stereocenters. The molecule has 0 fully saturated rings. The maximum atomic E-state index is 12.0. The Balaban J connectivity index is 1.53. The van der Waals surface area contributed by atoms with Crippen molar-refractivity contribution in [3.05, 3.63) is 106 Å². The van der Waals surface area contributed by atoms with Crippen LogP contribution < -0.4 is 10.2 Å². The Morgan fingerprint density at radius 3 is 2.50 bits per heavy atom. The molecular weight excluding hydrogens is 358 g/mol. The summed E-state index contributed by atoms with van der Waals surface area (Å²) in [6.45, 7) is 0.480. The van der Waals surface area contributed by atoms with Crippen LogP contribution in [-0.4, -0.2) is 17.0 Å². The van der Waals surface area contributed by atoms with Crippen LogP contribution in [0.1, 0.15) is 21.5 Å². The first-order valence-electron chi connectivity index (χ1n) is 8.46. The van der Waals surface area contributed by atoms with Gasteiger partial charge in [-0.15, -0.1) is 0 Å². The number of nitrogens with one attached hydrogen (secondary N) is 1. The number of hydrazone groups is 1. The molecule has 1 N–H and O–H groups in total. The molecule has 3 aromatic rings. The first kappa shape index (κ1) is 18.8. The highest BCUT2D eigenvalue weighted by molar-refractivity contribution is 5.95. The Morgan fingerprint density at radius 1 is 1.04 bits per heavy atom. The summed E-state index contributed by atoms with van der Waals surface area (Å²) in [7, 11) is 0. The van der Waals surface area contributed by atoms with Crippen LogP contribution in [0.5, 0.6) is 5.75 Å². The van der Waals surface area contributed by atoms with Gasteiger partial charge in [0.1, 0.15) is 12.4 Å². The molecule has 7 heteroatoms. The maximum absolute atomic E-state index is 12.0. The number of nitrogens with zero attached hydrogens (tertiary/aromatic N) is 2. The third-order valence-electron chi connectivity index (χ3n) is 3.83. The number of benzene rings is 3. The number of rotatable bonds is 7. The smallest absolute Gasteiger partial charge is 0.271 e. The monoisotopic (exact) mass is 375 g/mol. The summed E-state index contributed by atoms with van der Waals surface area (Å²) in [4.78, 5) is 22.2. The van der Waals surface area contributed by atoms with Gasteiger partial charge in [-0.1, -0.05) is 36.4 Å². The van der Waals surface area contributed by atoms with E-state index in [1.165, 1.54) is 30.5 Å². The van der Waals surface area contributed by atoms with Gasteiger partial charge < -0.3 is 4.74 Å². The average molecular weight is 375 g/mol. The van der Waals surface area contributed by atoms with Gasteiger partial charge in [-0.3, -0.25) is 14.9 Å². The third-order valence-corrected chi connectivity index (χ3v) is 3.83. The second-order valence-electron chi connectivity index (χ2n) is 5.85. The van der Waals surface area contributed by atoms with Crippen molar-refractivity contribution in [1.82, 2.24) is 5.43 Å². The molecule has 1 amide bonds. The predicted octanol–water partition coefficient (Wildman–Crippen LogP) is 3.94. The summed E-state index contributed by atoms with van der Waals surface area (Å²) in [5.41, 5.74) is 4.21. The topological polar surface area (TPSA) is 93.8 Å². The molecule has 0 saturated carbocycles. The average Bonchev–Trinajstić information content (AvgIpc) is 2.74. The van der Waals surface area contributed by atoms with Gasteiger partial charge in [-0.25, -0.2) is 5.43 Å². The van der Waals surface area contributed by atoms with Crippen molar-refractivity contribution in [2.45, 2.75) is 6.61 Å². The summed E-state index contributed by atoms with van der Waals surface area (Å²) >= 11 is 0. The maximum Gasteiger partial charge on any atom is 0.271 e. The van der Waals surface area contributed by atoms with Crippen molar-refractivity contribution in [2.24, 2.45) is 5.10 Å². The van der Waals surface area contributed by atoms with E-state index in [0.29, 0.717) is 6.61 Å². The van der Waals surface area contributed by atoms with E-state index in [4.69, 9.17) is 4.74 Å². The largest absolute Gasteiger partial charge is 0.489 e. The minimum Gasteiger partial charge on any atom is -0.489 e. The van der Waals surface area contributed by atoms with Crippen LogP contribution >= 0.6 is 0 Å². The summed E-state index contributed by atoms with van der Waals surface area (Å²) in [6, 6.07) is 22.5. The van der Waals surface area contributed by atoms with Crippen molar-refractivity contribution >= 4 is 17.8 Å². The second kappa shape index (κ2) is 9.09. The second-order valence-corrected chi connectivity index (χ2v) is 5.85. The van der Waals surface area contributed by atoms with Crippen molar-refractivity contribution < 1.29 is 14.5 Å². The zero-order valence-corrected chi connectivity index (χ0v) is 14.8. The minimum absolute atomic E-state index is 0.150. The summed E-state index contributed by atoms with van der Waals surface area (Å²) in [5, 5.41) is 14.6. The number of carbonyl (C=O) groups excluding carboxylic acids is 1. The number of nitro benzene ring substituents is 1. The van der Waals surface area contributed by atoms with E-state index in [0.717, 1.165) is 16.9 Å². The molecule has 140 valence electrons. The molecule has 3 rings (SSSR count). The first-order chi connectivity index (χ1) is 13.6. The first-order valence-corrected chi connectivity index (χ1v) is 8.46. The molecule has 0 heterocycles. The minimum atomic E-state index is -0.554. The highest BCUT2D eigenvalue weighted by atomic mass is 16.6. The van der Waals surface area contributed by atoms with Gasteiger partial charge >= 0.3 is 0 Å². The van der Waals surface area contributed by atoms with Crippen LogP contribution in [0.4, 0.5) is 5.69 Å². The lowest BCUT2D eigenvalue weighted by atomic mass is 10.2. The summed E-state index contributed by atoms with van der Waals surface area (Å²) in [6.07, 6.45) is 1.48. The molecule has 3 aromatic carbocycles. The Bertz CT molecular complexity index is 986. The molecule has 0 aliphatic rings. The van der Waals surface area contributed by atoms with E-state index >= 15 is 0 Å². The van der Waals surface area contributed by atoms with Crippen LogP contribution in [0.15, 0.2) is 84.0 Å². The van der Waals surface area contributed by atoms with E-state index in [2.05, 4.69) is 10.5 Å². The van der Waals surface area contributed by atoms with E-state index < -0.39 is 10.8 Å². The van der Waals surface area contributed by atoms with Crippen LogP contribution in [0.2, 0.25) is 0 Å². The Morgan fingerprint density at radius 2 is 1.79 bits per heavy atom. The number of non-ortho nitro benzene ring substituents is 1. The molecule has 7 nitrogen and oxygen atoms in total. The van der Waals surface area contributed by atoms with Gasteiger partial charge in [-0.05, 0) is 41.5 Å². The van der Waals surface area contributed by atoms with Gasteiger partial charge in [0.15, 0.2) is 0 Å². The van der Waals surface area contributed by atoms with Crippen molar-refractivity contribution in [3.8, 4) is 5.75 Å². The van der Waals surface area contributed by atoms with Crippen molar-refractivity contribution in [1.29, 1.82) is 0 Å². The van der Waals surface area contributed by atoms with Crippen LogP contribution in [0.3, 0.4) is 0 Å². The number of nitro groups is 1. The molecule has 0 aromatic heterocycles. The quantitative estimate of drug-likeness (QED) is 0.384. The molecule has 0 aliphatic heterocycles. The summed E-state index contributed by atoms with van der Waals surface area (Å²) < 4.78 is 5.71. The fourth-order valence-electron chi connectivity index (χ4n) is 2.38. The third kappa shape index (κ3) is 5.25. The van der Waals surface area contributed by atoms with Crippen LogP contribution in [-0.2, 0) is 6.61 Å². The van der Waals surface area contributed by atoms with Gasteiger partial charge in [0.2, 0.25) is 0 Å². The molecular formula is C21H17N3O4. The lowest BCUT2D eigenvalue weighted by Crippen LogP contribution is -2.17. The highest BCUT2D eigenvalue weighted by Crippen LogP contribution is 2.14. The van der Waals surface area contributed by atoms with Gasteiger partial charge in [-0.2, -0.15) is 5.10 Å². The van der Waals surface area contributed by atoms with Crippen LogP contribution in [0.25, 0.3) is 0 Å². The zero-order valence-electron chi connectivity index (χ0n) is 14.8. The normalized spacial score (nSPS) is 10.6. The molecule has 0 radical (unpaired) electrons. The number of amides is 1. The highest BCUT2D eigenvalue weighted by Gasteiger charge is 2.10. The SMILES string of the molecule is O=C(N/N=C\c1ccc(OCc2ccccc2)cc1)c1cccc([N+](=O)[O-])c1. The molecule has 0 bridgehead atoms. The fourth-order valence-corrected chi connectivity index (χ4v) is 2.38. The molecule has 28 heavy (non-hydrogen) atoms. The fraction of sp³-hybridized carbons (Fsp3) is 0.0476. The summed E-state index contributed by atoms with van der Waals surface area (Å²) in [5.74, 6) is 0.199. The standard InChI is InChI=1S/C21H17N3O4/c25-21(18-7-4-8-19(13-18)24(26)27)23-22-14-16-9-11-20(12-10-16)28-15-17-5-2-1-3-6-17/h1-14H,15H2,(H,23,25)/b22-14-. The Hall–Kier alpha value is -4.00. The molecule has 0 unspecified atom stereocenters. The van der Waals surface area contributed by atoms with Crippen molar-refractivity contribution in [3.63, 3.8) is 0 Å². The molecule has 0 saturated heterocycles. The Labute approximate surface area is 161 Å². The predicted molar refractivity (Wildman–Crippen MR) is 105 cm³/mol. The van der Waals surface area contributed by atoms with Gasteiger partial charge in [0.25, 0.3) is 11.6 Å². The van der Waals surface area contributed by atoms with Gasteiger partial charge in [0, 0.05) is 17.7 Å². The Kier molecular flexibility index (Phi) is 6.10. The zero-order chi connectivity index (χ0) is 19.8. The number of ether oxygens (including phenoxy) is 1. The lowest BCUT2D eigenvalue weighted by Gasteiger charge is -2.06. The number of carbonyl (C=O) groups is 1. The lowest BCUT2D eigenvalue weighted by molar-refractivity contribution is -0.384. The molecule has 0 aliphatic carbocycles. The van der Waals surface area contributed by atoms with Crippen molar-refractivity contribution in [2.75, 3.05) is 0 Å². The van der Waals surface area contributed by atoms with E-state index in [1.54, 1.807) is 0 Å².